The van der Waals surface area contributed by atoms with Crippen molar-refractivity contribution in [1.82, 2.24) is 0 Å². The Bertz CT molecular complexity index is 361. The summed E-state index contributed by atoms with van der Waals surface area (Å²) in [6, 6.07) is 7.63. The minimum atomic E-state index is -0.283. The molecule has 1 rings (SSSR count). The Morgan fingerprint density at radius 1 is 1.25 bits per heavy atom. The van der Waals surface area contributed by atoms with E-state index in [1.54, 1.807) is 6.92 Å². The first-order valence-corrected chi connectivity index (χ1v) is 6.18. The lowest BCUT2D eigenvalue weighted by Gasteiger charge is -2.19. The molecule has 0 amide bonds. The molecule has 16 heavy (non-hydrogen) atoms. The highest BCUT2D eigenvalue weighted by molar-refractivity contribution is 9.10. The Hall–Kier alpha value is -0.830. The van der Waals surface area contributed by atoms with Crippen molar-refractivity contribution in [1.29, 1.82) is 0 Å². The van der Waals surface area contributed by atoms with E-state index < -0.39 is 0 Å². The van der Waals surface area contributed by atoms with Crippen LogP contribution in [0.5, 0.6) is 5.75 Å². The highest BCUT2D eigenvalue weighted by atomic mass is 79.9. The summed E-state index contributed by atoms with van der Waals surface area (Å²) >= 11 is 3.17. The number of hydrogen-bond donors (Lipinski definition) is 0. The van der Waals surface area contributed by atoms with Gasteiger partial charge in [0, 0.05) is 0 Å². The van der Waals surface area contributed by atoms with E-state index >= 15 is 0 Å². The Morgan fingerprint density at radius 2 is 1.75 bits per heavy atom. The van der Waals surface area contributed by atoms with Crippen LogP contribution in [-0.4, -0.2) is 10.8 Å². The second-order valence-electron chi connectivity index (χ2n) is 4.81. The van der Waals surface area contributed by atoms with Crippen molar-refractivity contribution in [3.8, 4) is 5.75 Å². The summed E-state index contributed by atoms with van der Waals surface area (Å²) in [5.74, 6) is 0.313. The van der Waals surface area contributed by atoms with Gasteiger partial charge in [-0.2, -0.15) is 0 Å². The Balaban J connectivity index is 2.76. The molecule has 0 fully saturated rings. The first kappa shape index (κ1) is 13.2. The molecule has 88 valence electrons. The number of rotatable bonds is 2. The van der Waals surface area contributed by atoms with Crippen molar-refractivity contribution >= 4 is 21.9 Å². The van der Waals surface area contributed by atoms with Crippen LogP contribution in [0.25, 0.3) is 0 Å². The molecule has 0 aliphatic rings. The molecule has 0 saturated carbocycles. The second-order valence-corrected chi connectivity index (χ2v) is 6.18. The van der Waals surface area contributed by atoms with Gasteiger partial charge in [0.2, 0.25) is 0 Å². The third-order valence-corrected chi connectivity index (χ3v) is 2.64. The zero-order valence-electron chi connectivity index (χ0n) is 10.1. The monoisotopic (exact) mass is 284 g/mol. The van der Waals surface area contributed by atoms with Gasteiger partial charge in [-0.1, -0.05) is 48.8 Å². The van der Waals surface area contributed by atoms with Crippen LogP contribution >= 0.6 is 15.9 Å². The zero-order valence-corrected chi connectivity index (χ0v) is 11.7. The van der Waals surface area contributed by atoms with Crippen molar-refractivity contribution in [3.05, 3.63) is 29.8 Å². The summed E-state index contributed by atoms with van der Waals surface area (Å²) < 4.78 is 5.16. The van der Waals surface area contributed by atoms with Gasteiger partial charge in [0.25, 0.3) is 0 Å². The molecule has 3 heteroatoms. The third-order valence-electron chi connectivity index (χ3n) is 2.26. The SMILES string of the molecule is CC(Br)C(=O)Oc1ccc(C(C)(C)C)cc1. The van der Waals surface area contributed by atoms with Crippen molar-refractivity contribution in [2.75, 3.05) is 0 Å². The van der Waals surface area contributed by atoms with Gasteiger partial charge in [0.05, 0.1) is 0 Å². The summed E-state index contributed by atoms with van der Waals surface area (Å²) in [6.45, 7) is 8.18. The average molecular weight is 285 g/mol. The van der Waals surface area contributed by atoms with Crippen molar-refractivity contribution in [2.45, 2.75) is 37.9 Å². The predicted octanol–water partition coefficient (Wildman–Crippen LogP) is 3.67. The van der Waals surface area contributed by atoms with Crippen molar-refractivity contribution in [3.63, 3.8) is 0 Å². The molecular formula is C13H17BrO2. The first-order valence-electron chi connectivity index (χ1n) is 5.27. The van der Waals surface area contributed by atoms with Gasteiger partial charge in [0.15, 0.2) is 0 Å². The minimum absolute atomic E-state index is 0.116. The quantitative estimate of drug-likeness (QED) is 0.471. The molecule has 0 radical (unpaired) electrons. The van der Waals surface area contributed by atoms with Crippen LogP contribution < -0.4 is 4.74 Å². The van der Waals surface area contributed by atoms with Gasteiger partial charge in [-0.05, 0) is 30.0 Å². The fourth-order valence-corrected chi connectivity index (χ4v) is 1.31. The maximum absolute atomic E-state index is 11.3. The minimum Gasteiger partial charge on any atom is -0.426 e. The van der Waals surface area contributed by atoms with E-state index in [0.29, 0.717) is 5.75 Å². The fourth-order valence-electron chi connectivity index (χ4n) is 1.22. The highest BCUT2D eigenvalue weighted by Gasteiger charge is 2.14. The molecule has 0 heterocycles. The summed E-state index contributed by atoms with van der Waals surface area (Å²) in [5, 5.41) is 0. The fraction of sp³-hybridized carbons (Fsp3) is 0.462. The number of ether oxygens (including phenoxy) is 1. The van der Waals surface area contributed by atoms with Crippen LogP contribution in [-0.2, 0) is 10.2 Å². The van der Waals surface area contributed by atoms with Crippen LogP contribution in [0.2, 0.25) is 0 Å². The largest absolute Gasteiger partial charge is 0.426 e. The van der Waals surface area contributed by atoms with E-state index in [1.807, 2.05) is 24.3 Å². The third kappa shape index (κ3) is 3.63. The van der Waals surface area contributed by atoms with E-state index in [2.05, 4.69) is 36.7 Å². The number of carbonyl (C=O) groups is 1. The molecular weight excluding hydrogens is 268 g/mol. The number of halogens is 1. The van der Waals surface area contributed by atoms with Crippen LogP contribution in [0.1, 0.15) is 33.3 Å². The molecule has 0 N–H and O–H groups in total. The summed E-state index contributed by atoms with van der Waals surface area (Å²) in [6.07, 6.45) is 0. The molecule has 0 bridgehead atoms. The van der Waals surface area contributed by atoms with Gasteiger partial charge in [0.1, 0.15) is 10.6 Å². The van der Waals surface area contributed by atoms with Crippen molar-refractivity contribution < 1.29 is 9.53 Å². The van der Waals surface area contributed by atoms with Gasteiger partial charge in [-0.25, -0.2) is 0 Å². The topological polar surface area (TPSA) is 26.3 Å². The summed E-state index contributed by atoms with van der Waals surface area (Å²) in [7, 11) is 0. The number of alkyl halides is 1. The smallest absolute Gasteiger partial charge is 0.324 e. The number of carbonyl (C=O) groups excluding carboxylic acids is 1. The van der Waals surface area contributed by atoms with Crippen LogP contribution in [0.3, 0.4) is 0 Å². The number of esters is 1. The molecule has 0 aliphatic heterocycles. The lowest BCUT2D eigenvalue weighted by molar-refractivity contribution is -0.133. The van der Waals surface area contributed by atoms with Gasteiger partial charge in [-0.3, -0.25) is 4.79 Å². The molecule has 0 saturated heterocycles. The normalized spacial score (nSPS) is 13.3. The zero-order chi connectivity index (χ0) is 12.3. The molecule has 1 aromatic rings. The standard InChI is InChI=1S/C13H17BrO2/c1-9(14)12(15)16-11-7-5-10(6-8-11)13(2,3)4/h5-9H,1-4H3. The lowest BCUT2D eigenvalue weighted by Crippen LogP contribution is -2.17. The molecule has 0 aliphatic carbocycles. The summed E-state index contributed by atoms with van der Waals surface area (Å²) in [5.41, 5.74) is 1.34. The van der Waals surface area contributed by atoms with Gasteiger partial charge >= 0.3 is 5.97 Å². The van der Waals surface area contributed by atoms with Crippen LogP contribution in [0, 0.1) is 0 Å². The van der Waals surface area contributed by atoms with E-state index in [1.165, 1.54) is 5.56 Å². The van der Waals surface area contributed by atoms with E-state index in [0.717, 1.165) is 0 Å². The Kier molecular flexibility index (Phi) is 4.14. The number of hydrogen-bond acceptors (Lipinski definition) is 2. The van der Waals surface area contributed by atoms with Gasteiger partial charge in [-0.15, -0.1) is 0 Å². The Labute approximate surface area is 105 Å². The Morgan fingerprint density at radius 3 is 2.12 bits per heavy atom. The van der Waals surface area contributed by atoms with E-state index in [4.69, 9.17) is 4.74 Å². The molecule has 0 spiro atoms. The lowest BCUT2D eigenvalue weighted by atomic mass is 9.87. The molecule has 2 nitrogen and oxygen atoms in total. The summed E-state index contributed by atoms with van der Waals surface area (Å²) in [4.78, 5) is 11.0. The first-order chi connectivity index (χ1) is 7.30. The predicted molar refractivity (Wildman–Crippen MR) is 69.2 cm³/mol. The highest BCUT2D eigenvalue weighted by Crippen LogP contribution is 2.24. The number of benzene rings is 1. The second kappa shape index (κ2) is 5.00. The maximum Gasteiger partial charge on any atom is 0.324 e. The molecule has 1 aromatic carbocycles. The van der Waals surface area contributed by atoms with E-state index in [9.17, 15) is 4.79 Å². The molecule has 1 atom stereocenters. The molecule has 0 aromatic heterocycles. The molecule has 1 unspecified atom stereocenters. The maximum atomic E-state index is 11.3. The van der Waals surface area contributed by atoms with Crippen LogP contribution in [0.4, 0.5) is 0 Å². The van der Waals surface area contributed by atoms with Crippen molar-refractivity contribution in [2.24, 2.45) is 0 Å². The van der Waals surface area contributed by atoms with Crippen LogP contribution in [0.15, 0.2) is 24.3 Å². The average Bonchev–Trinajstić information content (AvgIpc) is 2.17. The van der Waals surface area contributed by atoms with E-state index in [-0.39, 0.29) is 16.2 Å². The van der Waals surface area contributed by atoms with Gasteiger partial charge < -0.3 is 4.74 Å².